The first-order valence-corrected chi connectivity index (χ1v) is 4.78. The summed E-state index contributed by atoms with van der Waals surface area (Å²) in [5, 5.41) is 11.8. The molecular formula is C12H10N2O2. The summed E-state index contributed by atoms with van der Waals surface area (Å²) in [4.78, 5) is 10.3. The largest absolute Gasteiger partial charge is 0.291 e. The van der Waals surface area contributed by atoms with E-state index < -0.39 is 0 Å². The zero-order valence-corrected chi connectivity index (χ0v) is 8.42. The molecule has 0 aliphatic heterocycles. The lowest BCUT2D eigenvalue weighted by Gasteiger charge is -2.07. The van der Waals surface area contributed by atoms with Crippen molar-refractivity contribution in [3.05, 3.63) is 53.4 Å². The Labute approximate surface area is 92.5 Å². The van der Waals surface area contributed by atoms with E-state index in [1.165, 1.54) is 0 Å². The maximum absolute atomic E-state index is 10.3. The van der Waals surface area contributed by atoms with Crippen molar-refractivity contribution in [3.8, 4) is 11.1 Å². The molecule has 4 heteroatoms. The quantitative estimate of drug-likeness (QED) is 0.606. The molecular weight excluding hydrogens is 204 g/mol. The minimum atomic E-state index is 0.387. The van der Waals surface area contributed by atoms with Crippen molar-refractivity contribution >= 4 is 11.4 Å². The van der Waals surface area contributed by atoms with Gasteiger partial charge in [0, 0.05) is 5.56 Å². The van der Waals surface area contributed by atoms with Crippen molar-refractivity contribution in [1.82, 2.24) is 0 Å². The van der Waals surface area contributed by atoms with Crippen LogP contribution in [-0.4, -0.2) is 5.21 Å². The second kappa shape index (κ2) is 4.55. The second-order valence-electron chi connectivity index (χ2n) is 3.30. The van der Waals surface area contributed by atoms with Crippen LogP contribution in [0.5, 0.6) is 0 Å². The van der Waals surface area contributed by atoms with E-state index in [-0.39, 0.29) is 0 Å². The Morgan fingerprint density at radius 3 is 2.31 bits per heavy atom. The SMILES string of the molecule is O=Nc1ccc(-c2ccccc2NO)cc1. The van der Waals surface area contributed by atoms with Crippen LogP contribution in [0.4, 0.5) is 11.4 Å². The molecule has 0 unspecified atom stereocenters. The molecule has 2 aromatic rings. The molecule has 0 aliphatic rings. The monoisotopic (exact) mass is 214 g/mol. The van der Waals surface area contributed by atoms with Crippen LogP contribution < -0.4 is 5.48 Å². The topological polar surface area (TPSA) is 61.7 Å². The van der Waals surface area contributed by atoms with Gasteiger partial charge in [-0.3, -0.25) is 10.7 Å². The number of rotatable bonds is 3. The van der Waals surface area contributed by atoms with Gasteiger partial charge in [0.2, 0.25) is 0 Å². The number of hydrogen-bond acceptors (Lipinski definition) is 4. The molecule has 16 heavy (non-hydrogen) atoms. The zero-order chi connectivity index (χ0) is 11.4. The fraction of sp³-hybridized carbons (Fsp3) is 0. The van der Waals surface area contributed by atoms with Gasteiger partial charge in [0.25, 0.3) is 0 Å². The molecule has 0 bridgehead atoms. The van der Waals surface area contributed by atoms with Gasteiger partial charge in [-0.15, -0.1) is 4.91 Å². The smallest absolute Gasteiger partial charge is 0.108 e. The predicted octanol–water partition coefficient (Wildman–Crippen LogP) is 3.55. The molecule has 0 saturated carbocycles. The average Bonchev–Trinajstić information content (AvgIpc) is 2.39. The van der Waals surface area contributed by atoms with Gasteiger partial charge >= 0.3 is 0 Å². The summed E-state index contributed by atoms with van der Waals surface area (Å²) in [6, 6.07) is 14.2. The summed E-state index contributed by atoms with van der Waals surface area (Å²) in [7, 11) is 0. The first-order valence-electron chi connectivity index (χ1n) is 4.78. The highest BCUT2D eigenvalue weighted by atomic mass is 16.5. The Morgan fingerprint density at radius 1 is 1.00 bits per heavy atom. The van der Waals surface area contributed by atoms with Gasteiger partial charge in [-0.1, -0.05) is 30.3 Å². The molecule has 0 atom stereocenters. The van der Waals surface area contributed by atoms with Crippen LogP contribution >= 0.6 is 0 Å². The molecule has 0 aliphatic carbocycles. The van der Waals surface area contributed by atoms with Gasteiger partial charge in [0.15, 0.2) is 0 Å². The van der Waals surface area contributed by atoms with Crippen molar-refractivity contribution in [2.75, 3.05) is 5.48 Å². The number of benzene rings is 2. The van der Waals surface area contributed by atoms with Crippen LogP contribution in [0, 0.1) is 4.91 Å². The summed E-state index contributed by atoms with van der Waals surface area (Å²) in [6.07, 6.45) is 0. The van der Waals surface area contributed by atoms with Gasteiger partial charge in [-0.05, 0) is 28.9 Å². The van der Waals surface area contributed by atoms with Crippen molar-refractivity contribution in [2.45, 2.75) is 0 Å². The van der Waals surface area contributed by atoms with Crippen molar-refractivity contribution in [2.24, 2.45) is 5.18 Å². The standard InChI is InChI=1S/C12H10N2O2/c15-13-10-7-5-9(6-8-10)11-3-1-2-4-12(11)14-16/h1-8,14,16H. The fourth-order valence-corrected chi connectivity index (χ4v) is 1.53. The lowest BCUT2D eigenvalue weighted by molar-refractivity contribution is 0.389. The van der Waals surface area contributed by atoms with E-state index in [2.05, 4.69) is 10.7 Å². The highest BCUT2D eigenvalue weighted by Gasteiger charge is 2.03. The molecule has 2 aromatic carbocycles. The van der Waals surface area contributed by atoms with Crippen molar-refractivity contribution < 1.29 is 5.21 Å². The number of nitrogens with zero attached hydrogens (tertiary/aromatic N) is 1. The zero-order valence-electron chi connectivity index (χ0n) is 8.42. The number of nitroso groups, excluding NO2 is 1. The third kappa shape index (κ3) is 1.92. The Morgan fingerprint density at radius 2 is 1.69 bits per heavy atom. The molecule has 0 saturated heterocycles. The van der Waals surface area contributed by atoms with E-state index in [4.69, 9.17) is 5.21 Å². The van der Waals surface area contributed by atoms with E-state index in [0.29, 0.717) is 11.4 Å². The van der Waals surface area contributed by atoms with Crippen LogP contribution in [-0.2, 0) is 0 Å². The lowest BCUT2D eigenvalue weighted by Crippen LogP contribution is -1.91. The molecule has 80 valence electrons. The first-order chi connectivity index (χ1) is 7.85. The summed E-state index contributed by atoms with van der Waals surface area (Å²) in [5.74, 6) is 0. The molecule has 0 aromatic heterocycles. The Bertz CT molecular complexity index is 495. The molecule has 0 heterocycles. The minimum Gasteiger partial charge on any atom is -0.291 e. The van der Waals surface area contributed by atoms with Crippen LogP contribution in [0.2, 0.25) is 0 Å². The van der Waals surface area contributed by atoms with Crippen molar-refractivity contribution in [3.63, 3.8) is 0 Å². The fourth-order valence-electron chi connectivity index (χ4n) is 1.53. The van der Waals surface area contributed by atoms with Gasteiger partial charge in [-0.25, -0.2) is 0 Å². The van der Waals surface area contributed by atoms with Crippen LogP contribution in [0.25, 0.3) is 11.1 Å². The minimum absolute atomic E-state index is 0.387. The van der Waals surface area contributed by atoms with E-state index >= 15 is 0 Å². The summed E-state index contributed by atoms with van der Waals surface area (Å²) < 4.78 is 0. The predicted molar refractivity (Wildman–Crippen MR) is 62.7 cm³/mol. The molecule has 0 spiro atoms. The Kier molecular flexibility index (Phi) is 2.93. The third-order valence-electron chi connectivity index (χ3n) is 2.33. The molecule has 2 N–H and O–H groups in total. The molecule has 2 rings (SSSR count). The van der Waals surface area contributed by atoms with Gasteiger partial charge in [-0.2, -0.15) is 0 Å². The summed E-state index contributed by atoms with van der Waals surface area (Å²) in [6.45, 7) is 0. The number of anilines is 1. The normalized spacial score (nSPS) is 9.81. The van der Waals surface area contributed by atoms with Gasteiger partial charge < -0.3 is 0 Å². The number of para-hydroxylation sites is 1. The molecule has 0 fully saturated rings. The number of hydrogen-bond donors (Lipinski definition) is 2. The summed E-state index contributed by atoms with van der Waals surface area (Å²) in [5.41, 5.74) is 4.91. The average molecular weight is 214 g/mol. The lowest BCUT2D eigenvalue weighted by atomic mass is 10.0. The van der Waals surface area contributed by atoms with Crippen LogP contribution in [0.15, 0.2) is 53.7 Å². The third-order valence-corrected chi connectivity index (χ3v) is 2.33. The highest BCUT2D eigenvalue weighted by Crippen LogP contribution is 2.28. The Balaban J connectivity index is 2.45. The van der Waals surface area contributed by atoms with E-state index in [0.717, 1.165) is 11.1 Å². The van der Waals surface area contributed by atoms with E-state index in [1.54, 1.807) is 30.3 Å². The number of nitrogens with one attached hydrogen (secondary N) is 1. The maximum atomic E-state index is 10.3. The second-order valence-corrected chi connectivity index (χ2v) is 3.30. The summed E-state index contributed by atoms with van der Waals surface area (Å²) >= 11 is 0. The Hall–Kier alpha value is -2.20. The molecule has 0 amide bonds. The van der Waals surface area contributed by atoms with Crippen LogP contribution in [0.1, 0.15) is 0 Å². The van der Waals surface area contributed by atoms with E-state index in [1.807, 2.05) is 18.2 Å². The molecule has 4 nitrogen and oxygen atoms in total. The first kappa shape index (κ1) is 10.3. The maximum Gasteiger partial charge on any atom is 0.108 e. The van der Waals surface area contributed by atoms with Gasteiger partial charge in [0.1, 0.15) is 5.69 Å². The van der Waals surface area contributed by atoms with Crippen LogP contribution in [0.3, 0.4) is 0 Å². The van der Waals surface area contributed by atoms with Gasteiger partial charge in [0.05, 0.1) is 5.69 Å². The highest BCUT2D eigenvalue weighted by molar-refractivity contribution is 5.77. The molecule has 0 radical (unpaired) electrons. The van der Waals surface area contributed by atoms with Crippen molar-refractivity contribution in [1.29, 1.82) is 0 Å². The van der Waals surface area contributed by atoms with E-state index in [9.17, 15) is 4.91 Å².